The van der Waals surface area contributed by atoms with Crippen LogP contribution in [0.25, 0.3) is 0 Å². The Labute approximate surface area is 198 Å². The zero-order valence-corrected chi connectivity index (χ0v) is 19.1. The number of carbonyl (C=O) groups is 1. The van der Waals surface area contributed by atoms with Crippen LogP contribution in [-0.2, 0) is 20.8 Å². The summed E-state index contributed by atoms with van der Waals surface area (Å²) in [7, 11) is 1.55. The lowest BCUT2D eigenvalue weighted by molar-refractivity contribution is -0.281. The highest BCUT2D eigenvalue weighted by molar-refractivity contribution is 5.89. The maximum Gasteiger partial charge on any atom is 0.338 e. The van der Waals surface area contributed by atoms with Gasteiger partial charge >= 0.3 is 5.97 Å². The molecule has 0 bridgehead atoms. The van der Waals surface area contributed by atoms with Crippen LogP contribution in [0.15, 0.2) is 84.9 Å². The van der Waals surface area contributed by atoms with Gasteiger partial charge in [0, 0.05) is 0 Å². The second-order valence-electron chi connectivity index (χ2n) is 7.97. The maximum atomic E-state index is 12.7. The van der Waals surface area contributed by atoms with Crippen LogP contribution in [0.3, 0.4) is 0 Å². The van der Waals surface area contributed by atoms with Gasteiger partial charge in [0.1, 0.15) is 12.2 Å². The Balaban J connectivity index is 1.55. The van der Waals surface area contributed by atoms with Gasteiger partial charge in [-0.05, 0) is 36.8 Å². The second-order valence-corrected chi connectivity index (χ2v) is 7.97. The van der Waals surface area contributed by atoms with E-state index in [9.17, 15) is 9.90 Å². The van der Waals surface area contributed by atoms with E-state index in [0.29, 0.717) is 17.1 Å². The number of para-hydroxylation sites is 2. The molecule has 178 valence electrons. The highest BCUT2D eigenvalue weighted by atomic mass is 16.7. The van der Waals surface area contributed by atoms with Crippen LogP contribution >= 0.6 is 0 Å². The van der Waals surface area contributed by atoms with Crippen molar-refractivity contribution in [2.45, 2.75) is 44.2 Å². The fraction of sp³-hybridized carbons (Fsp3) is 0.296. The van der Waals surface area contributed by atoms with Gasteiger partial charge in [-0.15, -0.1) is 0 Å². The number of rotatable bonds is 8. The van der Waals surface area contributed by atoms with Crippen molar-refractivity contribution in [2.24, 2.45) is 0 Å². The first-order valence-corrected chi connectivity index (χ1v) is 11.1. The van der Waals surface area contributed by atoms with Crippen LogP contribution in [0.2, 0.25) is 0 Å². The summed E-state index contributed by atoms with van der Waals surface area (Å²) in [5.74, 6) is 0.418. The average molecular weight is 465 g/mol. The zero-order chi connectivity index (χ0) is 23.9. The van der Waals surface area contributed by atoms with Crippen molar-refractivity contribution in [3.05, 3.63) is 96.1 Å². The van der Waals surface area contributed by atoms with E-state index in [-0.39, 0.29) is 6.61 Å². The van der Waals surface area contributed by atoms with Gasteiger partial charge in [0.15, 0.2) is 17.6 Å². The lowest BCUT2D eigenvalue weighted by Gasteiger charge is -2.42. The molecule has 4 rings (SSSR count). The predicted octanol–water partition coefficient (Wildman–Crippen LogP) is 3.99. The fourth-order valence-corrected chi connectivity index (χ4v) is 3.80. The van der Waals surface area contributed by atoms with Crippen LogP contribution in [0.5, 0.6) is 11.5 Å². The molecule has 1 N–H and O–H groups in total. The van der Waals surface area contributed by atoms with Gasteiger partial charge in [-0.1, -0.05) is 60.7 Å². The van der Waals surface area contributed by atoms with Crippen molar-refractivity contribution in [3.63, 3.8) is 0 Å². The second kappa shape index (κ2) is 11.2. The van der Waals surface area contributed by atoms with Crippen LogP contribution in [-0.4, -0.2) is 48.9 Å². The number of ether oxygens (including phenoxy) is 5. The van der Waals surface area contributed by atoms with Crippen molar-refractivity contribution < 1.29 is 33.6 Å². The molecular formula is C27H28O7. The Hall–Kier alpha value is -3.39. The van der Waals surface area contributed by atoms with Crippen molar-refractivity contribution in [2.75, 3.05) is 7.11 Å². The Morgan fingerprint density at radius 3 is 2.18 bits per heavy atom. The molecule has 0 spiro atoms. The van der Waals surface area contributed by atoms with Crippen LogP contribution in [0, 0.1) is 0 Å². The summed E-state index contributed by atoms with van der Waals surface area (Å²) < 4.78 is 29.3. The topological polar surface area (TPSA) is 83.5 Å². The molecule has 1 fully saturated rings. The monoisotopic (exact) mass is 464 g/mol. The molecule has 7 heteroatoms. The first-order valence-electron chi connectivity index (χ1n) is 11.1. The number of esters is 1. The van der Waals surface area contributed by atoms with E-state index in [2.05, 4.69) is 0 Å². The molecule has 1 aliphatic rings. The van der Waals surface area contributed by atoms with E-state index < -0.39 is 36.7 Å². The summed E-state index contributed by atoms with van der Waals surface area (Å²) in [5.41, 5.74) is 1.30. The Morgan fingerprint density at radius 1 is 0.882 bits per heavy atom. The summed E-state index contributed by atoms with van der Waals surface area (Å²) >= 11 is 0. The number of aliphatic hydroxyl groups excluding tert-OH is 1. The van der Waals surface area contributed by atoms with Gasteiger partial charge in [0.2, 0.25) is 6.29 Å². The predicted molar refractivity (Wildman–Crippen MR) is 125 cm³/mol. The van der Waals surface area contributed by atoms with E-state index >= 15 is 0 Å². The van der Waals surface area contributed by atoms with Gasteiger partial charge in [-0.25, -0.2) is 4.79 Å². The first kappa shape index (κ1) is 23.8. The Bertz CT molecular complexity index is 1060. The molecule has 1 aliphatic heterocycles. The van der Waals surface area contributed by atoms with E-state index in [1.807, 2.05) is 48.5 Å². The number of carbonyl (C=O) groups excluding carboxylic acids is 1. The minimum atomic E-state index is -1.19. The minimum Gasteiger partial charge on any atom is -0.493 e. The molecule has 0 saturated carbocycles. The normalized spacial score (nSPS) is 24.3. The molecule has 3 aromatic carbocycles. The summed E-state index contributed by atoms with van der Waals surface area (Å²) in [6, 6.07) is 25.3. The third-order valence-corrected chi connectivity index (χ3v) is 5.60. The molecule has 0 aromatic heterocycles. The summed E-state index contributed by atoms with van der Waals surface area (Å²) in [6.07, 6.45) is -4.70. The molecule has 0 unspecified atom stereocenters. The smallest absolute Gasteiger partial charge is 0.338 e. The van der Waals surface area contributed by atoms with Gasteiger partial charge in [-0.3, -0.25) is 0 Å². The van der Waals surface area contributed by atoms with E-state index in [4.69, 9.17) is 23.7 Å². The van der Waals surface area contributed by atoms with E-state index in [1.165, 1.54) is 0 Å². The van der Waals surface area contributed by atoms with E-state index in [0.717, 1.165) is 5.56 Å². The Kier molecular flexibility index (Phi) is 7.80. The number of methoxy groups -OCH3 is 1. The SMILES string of the molecule is COc1ccccc1O[C@@H]1O[C@@H](C)[C@@H](OC(=O)c2ccccc2)[C@@H](O)[C@@H]1OCc1ccccc1. The Morgan fingerprint density at radius 2 is 1.50 bits per heavy atom. The zero-order valence-electron chi connectivity index (χ0n) is 19.1. The first-order chi connectivity index (χ1) is 16.6. The van der Waals surface area contributed by atoms with Crippen molar-refractivity contribution in [1.82, 2.24) is 0 Å². The average Bonchev–Trinajstić information content (AvgIpc) is 2.87. The third-order valence-electron chi connectivity index (χ3n) is 5.60. The lowest BCUT2D eigenvalue weighted by atomic mass is 9.99. The van der Waals surface area contributed by atoms with Crippen molar-refractivity contribution >= 4 is 5.97 Å². The number of aliphatic hydroxyl groups is 1. The summed E-state index contributed by atoms with van der Waals surface area (Å²) in [5, 5.41) is 11.3. The molecular weight excluding hydrogens is 436 g/mol. The van der Waals surface area contributed by atoms with Gasteiger partial charge in [0.25, 0.3) is 0 Å². The van der Waals surface area contributed by atoms with Crippen LogP contribution < -0.4 is 9.47 Å². The molecule has 7 nitrogen and oxygen atoms in total. The third kappa shape index (κ3) is 5.56. The standard InChI is InChI=1S/C27H28O7/c1-18-24(34-26(29)20-13-7-4-8-14-20)23(28)25(31-17-19-11-5-3-6-12-19)27(32-18)33-22-16-10-9-15-21(22)30-2/h3-16,18,23-25,27-28H,17H2,1-2H3/t18-,23+,24+,25-,27-/m0/s1. The van der Waals surface area contributed by atoms with Gasteiger partial charge < -0.3 is 28.8 Å². The highest BCUT2D eigenvalue weighted by Gasteiger charge is 2.48. The molecule has 5 atom stereocenters. The quantitative estimate of drug-likeness (QED) is 0.505. The molecule has 0 amide bonds. The van der Waals surface area contributed by atoms with E-state index in [1.54, 1.807) is 50.4 Å². The largest absolute Gasteiger partial charge is 0.493 e. The van der Waals surface area contributed by atoms with Crippen molar-refractivity contribution in [1.29, 1.82) is 0 Å². The van der Waals surface area contributed by atoms with Gasteiger partial charge in [-0.2, -0.15) is 0 Å². The molecule has 1 saturated heterocycles. The van der Waals surface area contributed by atoms with Gasteiger partial charge in [0.05, 0.1) is 25.4 Å². The number of hydrogen-bond donors (Lipinski definition) is 1. The van der Waals surface area contributed by atoms with Crippen LogP contribution in [0.4, 0.5) is 0 Å². The molecule has 0 radical (unpaired) electrons. The summed E-state index contributed by atoms with van der Waals surface area (Å²) in [6.45, 7) is 1.93. The van der Waals surface area contributed by atoms with Crippen molar-refractivity contribution in [3.8, 4) is 11.5 Å². The number of benzene rings is 3. The molecule has 34 heavy (non-hydrogen) atoms. The fourth-order valence-electron chi connectivity index (χ4n) is 3.80. The minimum absolute atomic E-state index is 0.214. The summed E-state index contributed by atoms with van der Waals surface area (Å²) in [4.78, 5) is 12.7. The maximum absolute atomic E-state index is 12.7. The lowest BCUT2D eigenvalue weighted by Crippen LogP contribution is -2.60. The molecule has 0 aliphatic carbocycles. The molecule has 3 aromatic rings. The van der Waals surface area contributed by atoms with Crippen LogP contribution in [0.1, 0.15) is 22.8 Å². The molecule has 1 heterocycles. The number of hydrogen-bond acceptors (Lipinski definition) is 7. The highest BCUT2D eigenvalue weighted by Crippen LogP contribution is 2.33.